The summed E-state index contributed by atoms with van der Waals surface area (Å²) in [6, 6.07) is 6.55. The van der Waals surface area contributed by atoms with E-state index < -0.39 is 10.0 Å². The average Bonchev–Trinajstić information content (AvgIpc) is 2.35. The van der Waals surface area contributed by atoms with Crippen molar-refractivity contribution in [1.82, 2.24) is 10.3 Å². The molecule has 0 unspecified atom stereocenters. The third-order valence-corrected chi connectivity index (χ3v) is 5.27. The van der Waals surface area contributed by atoms with Crippen LogP contribution in [0.2, 0.25) is 0 Å². The Bertz CT molecular complexity index is 636. The zero-order valence-electron chi connectivity index (χ0n) is 12.5. The second-order valence-electron chi connectivity index (χ2n) is 6.36. The molecule has 1 aliphatic rings. The van der Waals surface area contributed by atoms with E-state index >= 15 is 0 Å². The standard InChI is InChI=1S/C15H21BrN2O2S/c1-11-8-13(10-15(2,3)9-11)17-18-21(19,20)14-6-4-12(16)5-7-14/h4-7,10-11,17-18H,8-9H2,1-3H3/t11-/m1/s1. The molecule has 0 heterocycles. The van der Waals surface area contributed by atoms with Crippen molar-refractivity contribution in [3.8, 4) is 0 Å². The van der Waals surface area contributed by atoms with Crippen LogP contribution in [-0.4, -0.2) is 8.42 Å². The number of rotatable bonds is 4. The van der Waals surface area contributed by atoms with Gasteiger partial charge in [0.15, 0.2) is 0 Å². The fraction of sp³-hybridized carbons (Fsp3) is 0.467. The molecule has 0 fully saturated rings. The lowest BCUT2D eigenvalue weighted by molar-refractivity contribution is 0.313. The molecular weight excluding hydrogens is 352 g/mol. The Morgan fingerprint density at radius 2 is 1.86 bits per heavy atom. The van der Waals surface area contributed by atoms with Crippen LogP contribution >= 0.6 is 15.9 Å². The predicted octanol–water partition coefficient (Wildman–Crippen LogP) is 3.57. The van der Waals surface area contributed by atoms with Crippen molar-refractivity contribution in [2.24, 2.45) is 11.3 Å². The molecule has 4 nitrogen and oxygen atoms in total. The molecule has 1 aromatic rings. The number of nitrogens with one attached hydrogen (secondary N) is 2. The maximum Gasteiger partial charge on any atom is 0.257 e. The van der Waals surface area contributed by atoms with E-state index in [-0.39, 0.29) is 10.3 Å². The van der Waals surface area contributed by atoms with E-state index in [4.69, 9.17) is 0 Å². The van der Waals surface area contributed by atoms with E-state index in [1.807, 2.05) is 0 Å². The highest BCUT2D eigenvalue weighted by Crippen LogP contribution is 2.35. The smallest absolute Gasteiger partial charge is 0.257 e. The summed E-state index contributed by atoms with van der Waals surface area (Å²) in [5.74, 6) is 0.532. The zero-order valence-corrected chi connectivity index (χ0v) is 14.9. The maximum atomic E-state index is 12.2. The topological polar surface area (TPSA) is 58.2 Å². The second-order valence-corrected chi connectivity index (χ2v) is 8.95. The Hall–Kier alpha value is -0.850. The van der Waals surface area contributed by atoms with E-state index in [1.54, 1.807) is 24.3 Å². The van der Waals surface area contributed by atoms with Crippen LogP contribution in [-0.2, 0) is 10.0 Å². The molecule has 2 rings (SSSR count). The van der Waals surface area contributed by atoms with Crippen molar-refractivity contribution in [3.05, 3.63) is 40.5 Å². The third-order valence-electron chi connectivity index (χ3n) is 3.48. The SMILES string of the molecule is C[C@@H]1CC(NNS(=O)(=O)c2ccc(Br)cc2)=CC(C)(C)C1. The molecule has 1 aromatic carbocycles. The van der Waals surface area contributed by atoms with Gasteiger partial charge in [0.2, 0.25) is 0 Å². The quantitative estimate of drug-likeness (QED) is 0.794. The molecule has 0 spiro atoms. The zero-order chi connectivity index (χ0) is 15.7. The van der Waals surface area contributed by atoms with Gasteiger partial charge < -0.3 is 5.43 Å². The minimum Gasteiger partial charge on any atom is -0.312 e. The van der Waals surface area contributed by atoms with Gasteiger partial charge in [-0.15, -0.1) is 4.83 Å². The van der Waals surface area contributed by atoms with Gasteiger partial charge in [-0.2, -0.15) is 0 Å². The third kappa shape index (κ3) is 4.56. The molecule has 6 heteroatoms. The fourth-order valence-corrected chi connectivity index (χ4v) is 3.97. The number of hydrogen-bond acceptors (Lipinski definition) is 3. The van der Waals surface area contributed by atoms with Gasteiger partial charge in [0.05, 0.1) is 4.90 Å². The molecule has 116 valence electrons. The summed E-state index contributed by atoms with van der Waals surface area (Å²) >= 11 is 3.29. The molecule has 0 saturated heterocycles. The summed E-state index contributed by atoms with van der Waals surface area (Å²) in [4.78, 5) is 2.70. The average molecular weight is 373 g/mol. The largest absolute Gasteiger partial charge is 0.312 e. The molecule has 2 N–H and O–H groups in total. The van der Waals surface area contributed by atoms with Crippen molar-refractivity contribution in [2.75, 3.05) is 0 Å². The lowest BCUT2D eigenvalue weighted by Crippen LogP contribution is -2.39. The van der Waals surface area contributed by atoms with E-state index in [1.165, 1.54) is 0 Å². The van der Waals surface area contributed by atoms with Crippen LogP contribution in [0.25, 0.3) is 0 Å². The molecular formula is C15H21BrN2O2S. The molecule has 0 aliphatic heterocycles. The summed E-state index contributed by atoms with van der Waals surface area (Å²) in [7, 11) is -3.55. The van der Waals surface area contributed by atoms with Gasteiger partial charge in [-0.3, -0.25) is 0 Å². The lowest BCUT2D eigenvalue weighted by Gasteiger charge is -2.32. The molecule has 0 saturated carbocycles. The Morgan fingerprint density at radius 3 is 2.43 bits per heavy atom. The molecule has 1 atom stereocenters. The van der Waals surface area contributed by atoms with Crippen LogP contribution in [0.5, 0.6) is 0 Å². The lowest BCUT2D eigenvalue weighted by atomic mass is 9.76. The maximum absolute atomic E-state index is 12.2. The van der Waals surface area contributed by atoms with Gasteiger partial charge in [0, 0.05) is 10.2 Å². The first-order chi connectivity index (χ1) is 9.68. The molecule has 0 bridgehead atoms. The van der Waals surface area contributed by atoms with E-state index in [2.05, 4.69) is 53.0 Å². The molecule has 1 aliphatic carbocycles. The summed E-state index contributed by atoms with van der Waals surface area (Å²) in [5.41, 5.74) is 3.89. The molecule has 0 radical (unpaired) electrons. The van der Waals surface area contributed by atoms with Gasteiger partial charge >= 0.3 is 0 Å². The van der Waals surface area contributed by atoms with E-state index in [0.717, 1.165) is 23.0 Å². The van der Waals surface area contributed by atoms with Crippen LogP contribution in [0.15, 0.2) is 45.4 Å². The highest BCUT2D eigenvalue weighted by atomic mass is 79.9. The Balaban J connectivity index is 2.08. The number of halogens is 1. The normalized spacial score (nSPS) is 21.7. The van der Waals surface area contributed by atoms with Crippen LogP contribution in [0.3, 0.4) is 0 Å². The van der Waals surface area contributed by atoms with Crippen molar-refractivity contribution in [3.63, 3.8) is 0 Å². The highest BCUT2D eigenvalue weighted by molar-refractivity contribution is 9.10. The predicted molar refractivity (Wildman–Crippen MR) is 87.9 cm³/mol. The summed E-state index contributed by atoms with van der Waals surface area (Å²) < 4.78 is 25.3. The first-order valence-electron chi connectivity index (χ1n) is 6.93. The van der Waals surface area contributed by atoms with Crippen molar-refractivity contribution >= 4 is 26.0 Å². The second kappa shape index (κ2) is 6.10. The number of benzene rings is 1. The van der Waals surface area contributed by atoms with Crippen molar-refractivity contribution in [1.29, 1.82) is 0 Å². The van der Waals surface area contributed by atoms with Crippen molar-refractivity contribution < 1.29 is 8.42 Å². The van der Waals surface area contributed by atoms with Gasteiger partial charge in [0.1, 0.15) is 0 Å². The number of sulfonamides is 1. The monoisotopic (exact) mass is 372 g/mol. The van der Waals surface area contributed by atoms with E-state index in [0.29, 0.717) is 5.92 Å². The van der Waals surface area contributed by atoms with Crippen LogP contribution in [0.4, 0.5) is 0 Å². The minimum absolute atomic E-state index is 0.0864. The summed E-state index contributed by atoms with van der Waals surface area (Å²) in [6.07, 6.45) is 4.07. The molecule has 0 amide bonds. The van der Waals surface area contributed by atoms with Crippen LogP contribution in [0, 0.1) is 11.3 Å². The highest BCUT2D eigenvalue weighted by Gasteiger charge is 2.26. The number of hydrazine groups is 1. The Kier molecular flexibility index (Phi) is 4.80. The minimum atomic E-state index is -3.55. The van der Waals surface area contributed by atoms with Gasteiger partial charge in [-0.1, -0.05) is 42.8 Å². The van der Waals surface area contributed by atoms with Crippen molar-refractivity contribution in [2.45, 2.75) is 38.5 Å². The number of allylic oxidation sites excluding steroid dienone is 2. The summed E-state index contributed by atoms with van der Waals surface area (Å²) in [6.45, 7) is 6.50. The Labute approximate surface area is 135 Å². The Morgan fingerprint density at radius 1 is 1.24 bits per heavy atom. The van der Waals surface area contributed by atoms with Crippen LogP contribution in [0.1, 0.15) is 33.6 Å². The number of hydrogen-bond donors (Lipinski definition) is 2. The van der Waals surface area contributed by atoms with Crippen LogP contribution < -0.4 is 10.3 Å². The first kappa shape index (κ1) is 16.5. The van der Waals surface area contributed by atoms with E-state index in [9.17, 15) is 8.42 Å². The van der Waals surface area contributed by atoms with Gasteiger partial charge in [0.25, 0.3) is 10.0 Å². The molecule has 0 aromatic heterocycles. The fourth-order valence-electron chi connectivity index (χ4n) is 2.83. The summed E-state index contributed by atoms with van der Waals surface area (Å²) in [5, 5.41) is 0. The van der Waals surface area contributed by atoms with Gasteiger partial charge in [-0.05, 0) is 48.4 Å². The first-order valence-corrected chi connectivity index (χ1v) is 9.21. The van der Waals surface area contributed by atoms with Gasteiger partial charge in [-0.25, -0.2) is 8.42 Å². The molecule has 21 heavy (non-hydrogen) atoms.